The summed E-state index contributed by atoms with van der Waals surface area (Å²) in [5.74, 6) is 1.67. The second-order valence-corrected chi connectivity index (χ2v) is 9.01. The van der Waals surface area contributed by atoms with Crippen molar-refractivity contribution >= 4 is 21.6 Å². The number of benzene rings is 1. The van der Waals surface area contributed by atoms with Gasteiger partial charge in [-0.05, 0) is 61.8 Å². The quantitative estimate of drug-likeness (QED) is 0.581. The number of fused-ring (bicyclic) bond motifs is 1. The van der Waals surface area contributed by atoms with Crippen LogP contribution in [0.5, 0.6) is 5.75 Å². The molecule has 154 valence electrons. The Labute approximate surface area is 176 Å². The number of hydrogen-bond acceptors (Lipinski definition) is 5. The van der Waals surface area contributed by atoms with E-state index in [0.717, 1.165) is 47.8 Å². The summed E-state index contributed by atoms with van der Waals surface area (Å²) < 4.78 is 7.00. The molecular formula is C23H29N3O2S. The van der Waals surface area contributed by atoms with Crippen molar-refractivity contribution in [1.82, 2.24) is 14.5 Å². The van der Waals surface area contributed by atoms with Crippen LogP contribution in [0.4, 0.5) is 0 Å². The topological polar surface area (TPSA) is 47.4 Å². The van der Waals surface area contributed by atoms with Gasteiger partial charge in [0.1, 0.15) is 16.9 Å². The lowest BCUT2D eigenvalue weighted by Gasteiger charge is -2.32. The average Bonchev–Trinajstić information content (AvgIpc) is 3.20. The molecular weight excluding hydrogens is 382 g/mol. The Kier molecular flexibility index (Phi) is 6.31. The molecule has 0 amide bonds. The lowest BCUT2D eigenvalue weighted by molar-refractivity contribution is 0.142. The van der Waals surface area contributed by atoms with Crippen LogP contribution in [0.2, 0.25) is 0 Å². The summed E-state index contributed by atoms with van der Waals surface area (Å²) in [5, 5.41) is 0.767. The van der Waals surface area contributed by atoms with E-state index in [2.05, 4.69) is 28.9 Å². The van der Waals surface area contributed by atoms with E-state index in [1.54, 1.807) is 29.3 Å². The molecule has 0 bridgehead atoms. The summed E-state index contributed by atoms with van der Waals surface area (Å²) in [6, 6.07) is 10.4. The van der Waals surface area contributed by atoms with Crippen LogP contribution < -0.4 is 10.3 Å². The third-order valence-corrected chi connectivity index (χ3v) is 7.16. The third kappa shape index (κ3) is 4.70. The molecule has 6 heteroatoms. The number of likely N-dealkylation sites (tertiary alicyclic amines) is 1. The van der Waals surface area contributed by atoms with Crippen LogP contribution in [0.15, 0.2) is 41.5 Å². The molecule has 1 saturated heterocycles. The van der Waals surface area contributed by atoms with E-state index in [0.29, 0.717) is 6.67 Å². The first-order valence-corrected chi connectivity index (χ1v) is 11.3. The first kappa shape index (κ1) is 20.1. The van der Waals surface area contributed by atoms with Gasteiger partial charge in [-0.25, -0.2) is 4.98 Å². The molecule has 0 spiro atoms. The minimum atomic E-state index is 0.0904. The fraction of sp³-hybridized carbons (Fsp3) is 0.478. The van der Waals surface area contributed by atoms with Crippen LogP contribution in [0.1, 0.15) is 36.6 Å². The van der Waals surface area contributed by atoms with Crippen molar-refractivity contribution in [3.63, 3.8) is 0 Å². The number of rotatable bonds is 7. The molecule has 3 heterocycles. The molecule has 0 N–H and O–H groups in total. The van der Waals surface area contributed by atoms with Gasteiger partial charge in [-0.3, -0.25) is 14.3 Å². The summed E-state index contributed by atoms with van der Waals surface area (Å²) >= 11 is 1.63. The maximum Gasteiger partial charge on any atom is 0.263 e. The third-order valence-electron chi connectivity index (χ3n) is 5.98. The number of methoxy groups -OCH3 is 1. The Hall–Kier alpha value is -2.18. The Morgan fingerprint density at radius 2 is 1.97 bits per heavy atom. The fourth-order valence-corrected chi connectivity index (χ4v) is 5.01. The average molecular weight is 412 g/mol. The van der Waals surface area contributed by atoms with Gasteiger partial charge in [-0.15, -0.1) is 11.3 Å². The van der Waals surface area contributed by atoms with Crippen LogP contribution in [0.25, 0.3) is 10.2 Å². The highest BCUT2D eigenvalue weighted by molar-refractivity contribution is 7.18. The number of hydrogen-bond donors (Lipinski definition) is 0. The number of thiophene rings is 1. The lowest BCUT2D eigenvalue weighted by atomic mass is 9.90. The van der Waals surface area contributed by atoms with Crippen molar-refractivity contribution in [2.75, 3.05) is 20.2 Å². The van der Waals surface area contributed by atoms with Crippen LogP contribution in [-0.4, -0.2) is 34.7 Å². The number of ether oxygens (including phenoxy) is 1. The van der Waals surface area contributed by atoms with Crippen LogP contribution in [-0.2, 0) is 19.5 Å². The highest BCUT2D eigenvalue weighted by Gasteiger charge is 2.20. The monoisotopic (exact) mass is 411 g/mol. The first-order valence-electron chi connectivity index (χ1n) is 10.5. The van der Waals surface area contributed by atoms with Gasteiger partial charge in [0.25, 0.3) is 5.56 Å². The molecule has 29 heavy (non-hydrogen) atoms. The Morgan fingerprint density at radius 1 is 1.21 bits per heavy atom. The van der Waals surface area contributed by atoms with E-state index >= 15 is 0 Å². The van der Waals surface area contributed by atoms with E-state index in [1.165, 1.54) is 29.7 Å². The SMILES string of the molecule is CCc1cc2c(=O)n(CN3CCC(CCc4ccc(OC)cc4)CC3)cnc2s1. The molecule has 3 aromatic rings. The number of aromatic nitrogens is 2. The Bertz CT molecular complexity index is 1000. The van der Waals surface area contributed by atoms with Gasteiger partial charge in [-0.1, -0.05) is 19.1 Å². The van der Waals surface area contributed by atoms with Gasteiger partial charge < -0.3 is 4.74 Å². The molecule has 0 aliphatic carbocycles. The lowest BCUT2D eigenvalue weighted by Crippen LogP contribution is -2.38. The summed E-state index contributed by atoms with van der Waals surface area (Å²) in [5.41, 5.74) is 1.47. The van der Waals surface area contributed by atoms with E-state index in [4.69, 9.17) is 4.74 Å². The van der Waals surface area contributed by atoms with Crippen molar-refractivity contribution in [3.05, 3.63) is 57.5 Å². The molecule has 0 unspecified atom stereocenters. The summed E-state index contributed by atoms with van der Waals surface area (Å²) in [7, 11) is 1.70. The molecule has 1 aromatic carbocycles. The van der Waals surface area contributed by atoms with Crippen molar-refractivity contribution in [3.8, 4) is 5.75 Å². The maximum atomic E-state index is 12.8. The van der Waals surface area contributed by atoms with Gasteiger partial charge in [0.2, 0.25) is 0 Å². The van der Waals surface area contributed by atoms with Crippen LogP contribution in [0.3, 0.4) is 0 Å². The van der Waals surface area contributed by atoms with Gasteiger partial charge >= 0.3 is 0 Å². The largest absolute Gasteiger partial charge is 0.497 e. The molecule has 2 aromatic heterocycles. The van der Waals surface area contributed by atoms with Crippen molar-refractivity contribution in [1.29, 1.82) is 0 Å². The predicted molar refractivity (Wildman–Crippen MR) is 119 cm³/mol. The second-order valence-electron chi connectivity index (χ2n) is 7.89. The summed E-state index contributed by atoms with van der Waals surface area (Å²) in [4.78, 5) is 21.8. The van der Waals surface area contributed by atoms with Crippen LogP contribution in [0, 0.1) is 5.92 Å². The molecule has 4 rings (SSSR count). The zero-order chi connectivity index (χ0) is 20.2. The highest BCUT2D eigenvalue weighted by Crippen LogP contribution is 2.24. The molecule has 1 fully saturated rings. The zero-order valence-electron chi connectivity index (χ0n) is 17.3. The van der Waals surface area contributed by atoms with E-state index in [-0.39, 0.29) is 5.56 Å². The Balaban J connectivity index is 1.30. The standard InChI is InChI=1S/C23H29N3O2S/c1-3-20-14-21-22(29-20)24-15-26(23(21)27)16-25-12-10-18(11-13-25)5-4-17-6-8-19(28-2)9-7-17/h6-9,14-15,18H,3-5,10-13,16H2,1-2H3. The second kappa shape index (κ2) is 9.09. The number of nitrogens with zero attached hydrogens (tertiary/aromatic N) is 3. The van der Waals surface area contributed by atoms with Gasteiger partial charge in [-0.2, -0.15) is 0 Å². The zero-order valence-corrected chi connectivity index (χ0v) is 18.1. The van der Waals surface area contributed by atoms with Gasteiger partial charge in [0.15, 0.2) is 0 Å². The van der Waals surface area contributed by atoms with Gasteiger partial charge in [0, 0.05) is 18.0 Å². The predicted octanol–water partition coefficient (Wildman–Crippen LogP) is 4.33. The van der Waals surface area contributed by atoms with E-state index < -0.39 is 0 Å². The summed E-state index contributed by atoms with van der Waals surface area (Å²) in [6.07, 6.45) is 7.40. The number of aryl methyl sites for hydroxylation is 2. The molecule has 0 atom stereocenters. The molecule has 1 aliphatic heterocycles. The highest BCUT2D eigenvalue weighted by atomic mass is 32.1. The smallest absolute Gasteiger partial charge is 0.263 e. The van der Waals surface area contributed by atoms with E-state index in [1.807, 2.05) is 18.2 Å². The van der Waals surface area contributed by atoms with Gasteiger partial charge in [0.05, 0.1) is 19.2 Å². The minimum Gasteiger partial charge on any atom is -0.497 e. The first-order chi connectivity index (χ1) is 14.2. The Morgan fingerprint density at radius 3 is 2.66 bits per heavy atom. The molecule has 5 nitrogen and oxygen atoms in total. The molecule has 1 aliphatic rings. The van der Waals surface area contributed by atoms with Crippen molar-refractivity contribution in [2.45, 2.75) is 45.7 Å². The molecule has 0 saturated carbocycles. The molecule has 0 radical (unpaired) electrons. The van der Waals surface area contributed by atoms with Crippen molar-refractivity contribution < 1.29 is 4.74 Å². The normalized spacial score (nSPS) is 15.8. The van der Waals surface area contributed by atoms with E-state index in [9.17, 15) is 4.79 Å². The fourth-order valence-electron chi connectivity index (χ4n) is 4.08. The van der Waals surface area contributed by atoms with Crippen molar-refractivity contribution in [2.24, 2.45) is 5.92 Å². The summed E-state index contributed by atoms with van der Waals surface area (Å²) in [6.45, 7) is 4.84. The maximum absolute atomic E-state index is 12.8. The number of piperidine rings is 1. The van der Waals surface area contributed by atoms with Crippen LogP contribution >= 0.6 is 11.3 Å². The minimum absolute atomic E-state index is 0.0904.